The van der Waals surface area contributed by atoms with Crippen molar-refractivity contribution in [2.75, 3.05) is 26.3 Å². The van der Waals surface area contributed by atoms with Crippen LogP contribution < -0.4 is 10.1 Å². The molecule has 1 atom stereocenters. The van der Waals surface area contributed by atoms with Crippen LogP contribution >= 0.6 is 0 Å². The van der Waals surface area contributed by atoms with Gasteiger partial charge in [-0.2, -0.15) is 0 Å². The molecule has 4 aromatic rings. The Labute approximate surface area is 212 Å². The Hall–Kier alpha value is -3.61. The average Bonchev–Trinajstić information content (AvgIpc) is 3.17. The van der Waals surface area contributed by atoms with E-state index in [4.69, 9.17) is 9.47 Å². The van der Waals surface area contributed by atoms with E-state index in [0.717, 1.165) is 35.2 Å². The molecule has 0 bridgehead atoms. The Balaban J connectivity index is 1.47. The average molecular weight is 487 g/mol. The topological polar surface area (TPSA) is 72.7 Å². The van der Waals surface area contributed by atoms with Crippen molar-refractivity contribution < 1.29 is 19.4 Å². The van der Waals surface area contributed by atoms with E-state index in [9.17, 15) is 9.90 Å². The van der Waals surface area contributed by atoms with Crippen LogP contribution in [0.4, 0.5) is 0 Å². The number of aromatic nitrogens is 1. The highest BCUT2D eigenvalue weighted by molar-refractivity contribution is 6.07. The van der Waals surface area contributed by atoms with Gasteiger partial charge in [0.15, 0.2) is 0 Å². The van der Waals surface area contributed by atoms with Crippen LogP contribution in [0.25, 0.3) is 16.6 Å². The first-order valence-electron chi connectivity index (χ1n) is 12.4. The van der Waals surface area contributed by atoms with Crippen molar-refractivity contribution in [3.8, 4) is 11.4 Å². The highest BCUT2D eigenvalue weighted by Crippen LogP contribution is 2.32. The Morgan fingerprint density at radius 1 is 1.03 bits per heavy atom. The van der Waals surface area contributed by atoms with Gasteiger partial charge in [-0.15, -0.1) is 0 Å². The van der Waals surface area contributed by atoms with Crippen LogP contribution in [0.15, 0.2) is 72.8 Å². The molecule has 1 unspecified atom stereocenters. The van der Waals surface area contributed by atoms with E-state index in [0.29, 0.717) is 24.5 Å². The number of benzene rings is 3. The van der Waals surface area contributed by atoms with Gasteiger partial charge < -0.3 is 24.5 Å². The first kappa shape index (κ1) is 25.5. The molecule has 4 rings (SSSR count). The van der Waals surface area contributed by atoms with Crippen molar-refractivity contribution in [2.45, 2.75) is 33.3 Å². The summed E-state index contributed by atoms with van der Waals surface area (Å²) in [7, 11) is 0. The zero-order valence-corrected chi connectivity index (χ0v) is 21.2. The number of esters is 1. The molecule has 0 aliphatic carbocycles. The monoisotopic (exact) mass is 486 g/mol. The van der Waals surface area contributed by atoms with Crippen LogP contribution in [-0.4, -0.2) is 48.1 Å². The molecule has 3 aromatic carbocycles. The minimum atomic E-state index is -0.653. The van der Waals surface area contributed by atoms with Gasteiger partial charge in [0.05, 0.1) is 17.7 Å². The number of carbonyl (C=O) groups excluding carboxylic acids is 1. The number of aliphatic hydroxyl groups excluding tert-OH is 1. The summed E-state index contributed by atoms with van der Waals surface area (Å²) in [6, 6.07) is 24.1. The quantitative estimate of drug-likeness (QED) is 0.231. The Morgan fingerprint density at radius 3 is 2.50 bits per heavy atom. The third kappa shape index (κ3) is 5.96. The largest absolute Gasteiger partial charge is 0.491 e. The summed E-state index contributed by atoms with van der Waals surface area (Å²) in [5.74, 6) is 0.239. The zero-order valence-electron chi connectivity index (χ0n) is 21.2. The fourth-order valence-corrected chi connectivity index (χ4v) is 4.37. The summed E-state index contributed by atoms with van der Waals surface area (Å²) in [6.45, 7) is 7.44. The number of nitrogens with zero attached hydrogens (tertiary/aromatic N) is 1. The summed E-state index contributed by atoms with van der Waals surface area (Å²) in [4.78, 5) is 12.9. The normalized spacial score (nSPS) is 12.0. The highest BCUT2D eigenvalue weighted by Gasteiger charge is 2.22. The SMILES string of the molecule is CCOC(=O)c1c(C)n(-c2ccc(C)cc2)c2ccc(OCC(O)CNCCc3ccccc3)cc12. The maximum atomic E-state index is 12.9. The van der Waals surface area contributed by atoms with Crippen LogP contribution in [0.2, 0.25) is 0 Å². The van der Waals surface area contributed by atoms with Gasteiger partial charge in [0.2, 0.25) is 0 Å². The van der Waals surface area contributed by atoms with E-state index >= 15 is 0 Å². The number of carbonyl (C=O) groups is 1. The molecule has 188 valence electrons. The predicted octanol–water partition coefficient (Wildman–Crippen LogP) is 5.00. The van der Waals surface area contributed by atoms with Crippen molar-refractivity contribution in [2.24, 2.45) is 0 Å². The lowest BCUT2D eigenvalue weighted by Crippen LogP contribution is -2.32. The lowest BCUT2D eigenvalue weighted by atomic mass is 10.1. The highest BCUT2D eigenvalue weighted by atomic mass is 16.5. The van der Waals surface area contributed by atoms with Gasteiger partial charge in [-0.1, -0.05) is 48.0 Å². The van der Waals surface area contributed by atoms with Crippen LogP contribution in [0.1, 0.15) is 34.1 Å². The summed E-state index contributed by atoms with van der Waals surface area (Å²) in [5.41, 5.74) is 5.64. The molecular weight excluding hydrogens is 452 g/mol. The summed E-state index contributed by atoms with van der Waals surface area (Å²) in [5, 5.41) is 14.4. The molecule has 2 N–H and O–H groups in total. The van der Waals surface area contributed by atoms with E-state index in [1.54, 1.807) is 6.92 Å². The molecule has 0 aliphatic rings. The maximum Gasteiger partial charge on any atom is 0.340 e. The van der Waals surface area contributed by atoms with E-state index in [1.165, 1.54) is 11.1 Å². The minimum Gasteiger partial charge on any atom is -0.491 e. The number of hydrogen-bond acceptors (Lipinski definition) is 5. The second kappa shape index (κ2) is 11.9. The molecule has 36 heavy (non-hydrogen) atoms. The number of ether oxygens (including phenoxy) is 2. The van der Waals surface area contributed by atoms with E-state index in [-0.39, 0.29) is 12.6 Å². The smallest absolute Gasteiger partial charge is 0.340 e. The summed E-state index contributed by atoms with van der Waals surface area (Å²) >= 11 is 0. The molecule has 6 heteroatoms. The molecule has 0 amide bonds. The van der Waals surface area contributed by atoms with Crippen LogP contribution in [0.5, 0.6) is 5.75 Å². The molecule has 1 heterocycles. The van der Waals surface area contributed by atoms with Gasteiger partial charge in [-0.25, -0.2) is 4.79 Å². The third-order valence-electron chi connectivity index (χ3n) is 6.20. The molecule has 6 nitrogen and oxygen atoms in total. The zero-order chi connectivity index (χ0) is 25.5. The van der Waals surface area contributed by atoms with Crippen molar-refractivity contribution in [1.82, 2.24) is 9.88 Å². The number of rotatable bonds is 11. The van der Waals surface area contributed by atoms with Gasteiger partial charge in [0.25, 0.3) is 0 Å². The Kier molecular flexibility index (Phi) is 8.41. The molecule has 0 aliphatic heterocycles. The molecule has 0 spiro atoms. The Morgan fingerprint density at radius 2 is 1.78 bits per heavy atom. The van der Waals surface area contributed by atoms with Gasteiger partial charge in [-0.05, 0) is 69.6 Å². The fourth-order valence-electron chi connectivity index (χ4n) is 4.37. The van der Waals surface area contributed by atoms with Crippen LogP contribution in [-0.2, 0) is 11.2 Å². The van der Waals surface area contributed by atoms with Gasteiger partial charge in [0.1, 0.15) is 18.5 Å². The third-order valence-corrected chi connectivity index (χ3v) is 6.20. The van der Waals surface area contributed by atoms with Crippen molar-refractivity contribution in [3.05, 3.63) is 95.2 Å². The first-order chi connectivity index (χ1) is 17.5. The van der Waals surface area contributed by atoms with Gasteiger partial charge >= 0.3 is 5.97 Å². The van der Waals surface area contributed by atoms with Gasteiger partial charge in [-0.3, -0.25) is 0 Å². The molecule has 0 fully saturated rings. The van der Waals surface area contributed by atoms with E-state index in [2.05, 4.69) is 34.1 Å². The summed E-state index contributed by atoms with van der Waals surface area (Å²) in [6.07, 6.45) is 0.249. The van der Waals surface area contributed by atoms with Crippen LogP contribution in [0.3, 0.4) is 0 Å². The Bertz CT molecular complexity index is 1300. The van der Waals surface area contributed by atoms with E-state index < -0.39 is 6.10 Å². The van der Waals surface area contributed by atoms with Crippen molar-refractivity contribution in [1.29, 1.82) is 0 Å². The standard InChI is InChI=1S/C30H34N2O4/c1-4-35-30(34)29-22(3)32(24-12-10-21(2)11-13-24)28-15-14-26(18-27(28)29)36-20-25(33)19-31-17-16-23-8-6-5-7-9-23/h5-15,18,25,31,33H,4,16-17,19-20H2,1-3H3. The fraction of sp³-hybridized carbons (Fsp3) is 0.300. The predicted molar refractivity (Wildman–Crippen MR) is 143 cm³/mol. The maximum absolute atomic E-state index is 12.9. The molecule has 0 saturated heterocycles. The number of aryl methyl sites for hydroxylation is 1. The minimum absolute atomic E-state index is 0.149. The number of nitrogens with one attached hydrogen (secondary N) is 1. The number of aliphatic hydroxyl groups is 1. The van der Waals surface area contributed by atoms with Crippen molar-refractivity contribution in [3.63, 3.8) is 0 Å². The second-order valence-corrected chi connectivity index (χ2v) is 8.94. The molecule has 0 radical (unpaired) electrons. The molecule has 0 saturated carbocycles. The number of fused-ring (bicyclic) bond motifs is 1. The first-order valence-corrected chi connectivity index (χ1v) is 12.4. The lowest BCUT2D eigenvalue weighted by Gasteiger charge is -2.14. The summed E-state index contributed by atoms with van der Waals surface area (Å²) < 4.78 is 13.3. The second-order valence-electron chi connectivity index (χ2n) is 8.94. The lowest BCUT2D eigenvalue weighted by molar-refractivity contribution is 0.0527. The van der Waals surface area contributed by atoms with Crippen LogP contribution in [0, 0.1) is 13.8 Å². The van der Waals surface area contributed by atoms with Gasteiger partial charge in [0, 0.05) is 23.3 Å². The molecule has 1 aromatic heterocycles. The van der Waals surface area contributed by atoms with Crippen molar-refractivity contribution >= 4 is 16.9 Å². The molecular formula is C30H34N2O4. The van der Waals surface area contributed by atoms with E-state index in [1.807, 2.05) is 62.4 Å². The number of hydrogen-bond donors (Lipinski definition) is 2.